The Kier molecular flexibility index (Phi) is 5.05. The first-order chi connectivity index (χ1) is 9.55. The van der Waals surface area contributed by atoms with Crippen molar-refractivity contribution in [1.82, 2.24) is 4.31 Å². The summed E-state index contributed by atoms with van der Waals surface area (Å²) < 4.78 is 26.5. The molecule has 0 unspecified atom stereocenters. The zero-order chi connectivity index (χ0) is 14.6. The van der Waals surface area contributed by atoms with Gasteiger partial charge in [0.25, 0.3) is 0 Å². The summed E-state index contributed by atoms with van der Waals surface area (Å²) in [6.45, 7) is 3.62. The lowest BCUT2D eigenvalue weighted by atomic mass is 10.0. The Hall–Kier alpha value is -1.07. The first-order valence-corrected chi connectivity index (χ1v) is 8.83. The lowest BCUT2D eigenvalue weighted by Gasteiger charge is -2.21. The van der Waals surface area contributed by atoms with Gasteiger partial charge in [-0.3, -0.25) is 0 Å². The Balaban J connectivity index is 2.16. The molecule has 0 aromatic heterocycles. The Labute approximate surface area is 122 Å². The molecule has 0 aliphatic carbocycles. The van der Waals surface area contributed by atoms with Gasteiger partial charge in [0.05, 0.1) is 4.90 Å². The second kappa shape index (κ2) is 6.59. The van der Waals surface area contributed by atoms with Crippen molar-refractivity contribution in [3.8, 4) is 0 Å². The number of rotatable bonds is 6. The van der Waals surface area contributed by atoms with Gasteiger partial charge in [-0.2, -0.15) is 0 Å². The van der Waals surface area contributed by atoms with E-state index < -0.39 is 10.0 Å². The smallest absolute Gasteiger partial charge is 0.242 e. The third-order valence-electron chi connectivity index (χ3n) is 3.80. The number of hydrogen-bond acceptors (Lipinski definition) is 3. The van der Waals surface area contributed by atoms with Crippen LogP contribution in [0, 0.1) is 0 Å². The molecule has 0 spiro atoms. The van der Waals surface area contributed by atoms with Crippen LogP contribution in [0.5, 0.6) is 0 Å². The molecule has 0 radical (unpaired) electrons. The third kappa shape index (κ3) is 3.33. The summed E-state index contributed by atoms with van der Waals surface area (Å²) in [5, 5.41) is 3.28. The minimum atomic E-state index is -3.36. The minimum absolute atomic E-state index is 0.393. The molecule has 0 saturated carbocycles. The second-order valence-electron chi connectivity index (χ2n) is 5.38. The largest absolute Gasteiger partial charge is 0.385 e. The summed E-state index contributed by atoms with van der Waals surface area (Å²) in [6, 6.07) is 5.45. The molecule has 1 aromatic carbocycles. The molecule has 0 amide bonds. The van der Waals surface area contributed by atoms with Crippen LogP contribution in [0.3, 0.4) is 0 Å². The molecular weight excluding hydrogens is 272 g/mol. The van der Waals surface area contributed by atoms with Gasteiger partial charge in [-0.15, -0.1) is 0 Å². The molecule has 0 saturated heterocycles. The fraction of sp³-hybridized carbons (Fsp3) is 0.600. The van der Waals surface area contributed by atoms with E-state index in [9.17, 15) is 8.42 Å². The van der Waals surface area contributed by atoms with Crippen molar-refractivity contribution < 1.29 is 8.42 Å². The van der Waals surface area contributed by atoms with E-state index in [1.54, 1.807) is 19.2 Å². The van der Waals surface area contributed by atoms with Crippen LogP contribution in [0.2, 0.25) is 0 Å². The molecule has 5 heteroatoms. The topological polar surface area (TPSA) is 49.4 Å². The highest BCUT2D eigenvalue weighted by Gasteiger charge is 2.22. The van der Waals surface area contributed by atoms with E-state index in [4.69, 9.17) is 0 Å². The van der Waals surface area contributed by atoms with Crippen molar-refractivity contribution >= 4 is 15.7 Å². The standard InChI is InChI=1S/C15H24N2O2S/c1-3-4-5-11-17(2)20(18,19)14-9-8-13-7-6-10-16-15(13)12-14/h8-9,12,16H,3-7,10-11H2,1-2H3. The summed E-state index contributed by atoms with van der Waals surface area (Å²) in [6.07, 6.45) is 5.20. The highest BCUT2D eigenvalue weighted by Crippen LogP contribution is 2.26. The van der Waals surface area contributed by atoms with Crippen molar-refractivity contribution in [1.29, 1.82) is 0 Å². The number of anilines is 1. The molecule has 0 bridgehead atoms. The van der Waals surface area contributed by atoms with Crippen LogP contribution >= 0.6 is 0 Å². The van der Waals surface area contributed by atoms with E-state index in [2.05, 4.69) is 12.2 Å². The predicted molar refractivity (Wildman–Crippen MR) is 82.6 cm³/mol. The Bertz CT molecular complexity index is 555. The van der Waals surface area contributed by atoms with Crippen LogP contribution in [0.25, 0.3) is 0 Å². The molecule has 1 aliphatic rings. The van der Waals surface area contributed by atoms with Crippen LogP contribution in [0.15, 0.2) is 23.1 Å². The van der Waals surface area contributed by atoms with E-state index in [0.29, 0.717) is 11.4 Å². The van der Waals surface area contributed by atoms with Gasteiger partial charge in [0.15, 0.2) is 0 Å². The minimum Gasteiger partial charge on any atom is -0.385 e. The number of fused-ring (bicyclic) bond motifs is 1. The van der Waals surface area contributed by atoms with E-state index in [1.165, 1.54) is 9.87 Å². The van der Waals surface area contributed by atoms with E-state index in [1.807, 2.05) is 6.07 Å². The third-order valence-corrected chi connectivity index (χ3v) is 5.66. The van der Waals surface area contributed by atoms with Gasteiger partial charge in [0, 0.05) is 25.8 Å². The monoisotopic (exact) mass is 296 g/mol. The van der Waals surface area contributed by atoms with Crippen molar-refractivity contribution in [3.63, 3.8) is 0 Å². The van der Waals surface area contributed by atoms with Crippen molar-refractivity contribution in [2.75, 3.05) is 25.5 Å². The van der Waals surface area contributed by atoms with E-state index in [-0.39, 0.29) is 0 Å². The summed E-state index contributed by atoms with van der Waals surface area (Å²) in [5.74, 6) is 0. The summed E-state index contributed by atoms with van der Waals surface area (Å²) in [4.78, 5) is 0.393. The molecule has 1 N–H and O–H groups in total. The van der Waals surface area contributed by atoms with Gasteiger partial charge in [0.1, 0.15) is 0 Å². The molecule has 112 valence electrons. The van der Waals surface area contributed by atoms with Gasteiger partial charge in [-0.25, -0.2) is 12.7 Å². The Morgan fingerprint density at radius 3 is 2.85 bits per heavy atom. The average molecular weight is 296 g/mol. The van der Waals surface area contributed by atoms with Crippen LogP contribution in [-0.4, -0.2) is 32.9 Å². The summed E-state index contributed by atoms with van der Waals surface area (Å²) >= 11 is 0. The molecular formula is C15H24N2O2S. The van der Waals surface area contributed by atoms with Crippen LogP contribution in [0.1, 0.15) is 38.2 Å². The van der Waals surface area contributed by atoms with Crippen molar-refractivity contribution in [3.05, 3.63) is 23.8 Å². The number of nitrogens with one attached hydrogen (secondary N) is 1. The van der Waals surface area contributed by atoms with Gasteiger partial charge >= 0.3 is 0 Å². The van der Waals surface area contributed by atoms with Crippen LogP contribution < -0.4 is 5.32 Å². The SMILES string of the molecule is CCCCCN(C)S(=O)(=O)c1ccc2c(c1)NCCC2. The number of unbranched alkanes of at least 4 members (excludes halogenated alkanes) is 2. The quantitative estimate of drug-likeness (QED) is 0.821. The summed E-state index contributed by atoms with van der Waals surface area (Å²) in [5.41, 5.74) is 2.18. The zero-order valence-corrected chi connectivity index (χ0v) is 13.2. The van der Waals surface area contributed by atoms with Gasteiger partial charge in [-0.1, -0.05) is 25.8 Å². The highest BCUT2D eigenvalue weighted by atomic mass is 32.2. The second-order valence-corrected chi connectivity index (χ2v) is 7.43. The Morgan fingerprint density at radius 2 is 2.10 bits per heavy atom. The molecule has 0 fully saturated rings. The number of benzene rings is 1. The first-order valence-electron chi connectivity index (χ1n) is 7.39. The fourth-order valence-corrected chi connectivity index (χ4v) is 3.72. The average Bonchev–Trinajstić information content (AvgIpc) is 2.46. The highest BCUT2D eigenvalue weighted by molar-refractivity contribution is 7.89. The molecule has 2 rings (SSSR count). The first kappa shape index (κ1) is 15.3. The lowest BCUT2D eigenvalue weighted by molar-refractivity contribution is 0.454. The number of aryl methyl sites for hydroxylation is 1. The summed E-state index contributed by atoms with van der Waals surface area (Å²) in [7, 11) is -1.70. The molecule has 0 atom stereocenters. The molecule has 1 aliphatic heterocycles. The molecule has 1 heterocycles. The predicted octanol–water partition coefficient (Wildman–Crippen LogP) is 2.86. The molecule has 1 aromatic rings. The van der Waals surface area contributed by atoms with Crippen molar-refractivity contribution in [2.45, 2.75) is 43.9 Å². The molecule has 20 heavy (non-hydrogen) atoms. The van der Waals surface area contributed by atoms with Crippen LogP contribution in [-0.2, 0) is 16.4 Å². The normalized spacial score (nSPS) is 14.9. The van der Waals surface area contributed by atoms with E-state index in [0.717, 1.165) is 44.3 Å². The maximum atomic E-state index is 12.5. The zero-order valence-electron chi connectivity index (χ0n) is 12.4. The van der Waals surface area contributed by atoms with E-state index >= 15 is 0 Å². The number of hydrogen-bond donors (Lipinski definition) is 1. The maximum absolute atomic E-state index is 12.5. The van der Waals surface area contributed by atoms with Gasteiger partial charge in [-0.05, 0) is 37.0 Å². The molecule has 4 nitrogen and oxygen atoms in total. The maximum Gasteiger partial charge on any atom is 0.242 e. The number of nitrogens with zero attached hydrogens (tertiary/aromatic N) is 1. The van der Waals surface area contributed by atoms with Crippen molar-refractivity contribution in [2.24, 2.45) is 0 Å². The van der Waals surface area contributed by atoms with Gasteiger partial charge in [0.2, 0.25) is 10.0 Å². The van der Waals surface area contributed by atoms with Gasteiger partial charge < -0.3 is 5.32 Å². The van der Waals surface area contributed by atoms with Crippen LogP contribution in [0.4, 0.5) is 5.69 Å². The Morgan fingerprint density at radius 1 is 1.30 bits per heavy atom. The number of sulfonamides is 1. The lowest BCUT2D eigenvalue weighted by Crippen LogP contribution is -2.28. The fourth-order valence-electron chi connectivity index (χ4n) is 2.49.